The van der Waals surface area contributed by atoms with Gasteiger partial charge in [0.2, 0.25) is 0 Å². The van der Waals surface area contributed by atoms with Crippen molar-refractivity contribution in [3.05, 3.63) is 41.0 Å². The molecule has 0 N–H and O–H groups in total. The number of aryl methyl sites for hydroxylation is 1. The lowest BCUT2D eigenvalue weighted by molar-refractivity contribution is -0.139. The lowest BCUT2D eigenvalue weighted by Crippen LogP contribution is -2.11. The minimum Gasteiger partial charge on any atom is -0.461 e. The molecule has 0 unspecified atom stereocenters. The Morgan fingerprint density at radius 1 is 1.39 bits per heavy atom. The summed E-state index contributed by atoms with van der Waals surface area (Å²) < 4.78 is 5.02. The van der Waals surface area contributed by atoms with Crippen LogP contribution in [0, 0.1) is 24.2 Å². The summed E-state index contributed by atoms with van der Waals surface area (Å²) in [6.07, 6.45) is 1.54. The average Bonchev–Trinajstić information content (AvgIpc) is 2.35. The summed E-state index contributed by atoms with van der Waals surface area (Å²) in [4.78, 5) is 11.6. The number of rotatable bonds is 4. The van der Waals surface area contributed by atoms with Crippen LogP contribution in [0.25, 0.3) is 6.08 Å². The number of carbonyl (C=O) groups is 1. The first-order valence-electron chi connectivity index (χ1n) is 5.88. The molecule has 0 atom stereocenters. The first-order chi connectivity index (χ1) is 8.52. The van der Waals surface area contributed by atoms with Gasteiger partial charge in [-0.25, -0.2) is 4.79 Å². The van der Waals surface area contributed by atoms with Crippen LogP contribution in [-0.2, 0) is 9.53 Å². The van der Waals surface area contributed by atoms with Crippen LogP contribution in [-0.4, -0.2) is 12.6 Å². The van der Waals surface area contributed by atoms with Crippen LogP contribution in [0.1, 0.15) is 25.0 Å². The molecule has 0 fully saturated rings. The molecule has 0 aliphatic heterocycles. The van der Waals surface area contributed by atoms with Gasteiger partial charge in [0.25, 0.3) is 0 Å². The molecule has 1 aromatic rings. The molecule has 0 aromatic heterocycles. The molecule has 0 heterocycles. The number of ether oxygens (including phenoxy) is 1. The van der Waals surface area contributed by atoms with Crippen molar-refractivity contribution in [2.45, 2.75) is 20.8 Å². The van der Waals surface area contributed by atoms with Gasteiger partial charge < -0.3 is 4.74 Å². The highest BCUT2D eigenvalue weighted by molar-refractivity contribution is 5.97. The van der Waals surface area contributed by atoms with E-state index in [1.165, 1.54) is 0 Å². The predicted molar refractivity (Wildman–Crippen MR) is 70.6 cm³/mol. The van der Waals surface area contributed by atoms with E-state index in [9.17, 15) is 4.79 Å². The van der Waals surface area contributed by atoms with E-state index < -0.39 is 5.97 Å². The van der Waals surface area contributed by atoms with E-state index in [-0.39, 0.29) is 11.5 Å². The van der Waals surface area contributed by atoms with Crippen molar-refractivity contribution in [3.63, 3.8) is 0 Å². The van der Waals surface area contributed by atoms with Gasteiger partial charge in [0.05, 0.1) is 6.61 Å². The Hall–Kier alpha value is -2.08. The maximum Gasteiger partial charge on any atom is 0.348 e. The van der Waals surface area contributed by atoms with E-state index in [4.69, 9.17) is 10.00 Å². The third-order valence-electron chi connectivity index (χ3n) is 2.28. The first kappa shape index (κ1) is 14.0. The molecular weight excluding hydrogens is 226 g/mol. The Morgan fingerprint density at radius 3 is 2.50 bits per heavy atom. The summed E-state index contributed by atoms with van der Waals surface area (Å²) in [5.74, 6) is -0.306. The van der Waals surface area contributed by atoms with Gasteiger partial charge in [-0.1, -0.05) is 43.7 Å². The smallest absolute Gasteiger partial charge is 0.348 e. The Kier molecular flexibility index (Phi) is 5.13. The number of carbonyl (C=O) groups excluding carboxylic acids is 1. The maximum absolute atomic E-state index is 11.6. The van der Waals surface area contributed by atoms with Gasteiger partial charge in [-0.15, -0.1) is 0 Å². The molecule has 18 heavy (non-hydrogen) atoms. The Balaban J connectivity index is 2.80. The van der Waals surface area contributed by atoms with Crippen molar-refractivity contribution >= 4 is 12.0 Å². The highest BCUT2D eigenvalue weighted by atomic mass is 16.5. The highest BCUT2D eigenvalue weighted by Crippen LogP contribution is 2.10. The van der Waals surface area contributed by atoms with E-state index in [0.29, 0.717) is 6.61 Å². The molecule has 0 spiro atoms. The standard InChI is InChI=1S/C15H17NO2/c1-11(2)10-18-15(17)14(9-16)8-13-6-4-12(3)5-7-13/h4-8,11H,10H2,1-3H3/b14-8+. The van der Waals surface area contributed by atoms with Crippen molar-refractivity contribution in [3.8, 4) is 6.07 Å². The summed E-state index contributed by atoms with van der Waals surface area (Å²) in [6.45, 7) is 6.20. The molecule has 0 radical (unpaired) electrons. The largest absolute Gasteiger partial charge is 0.461 e. The molecule has 94 valence electrons. The number of nitrogens with zero attached hydrogens (tertiary/aromatic N) is 1. The van der Waals surface area contributed by atoms with Crippen molar-refractivity contribution in [2.24, 2.45) is 5.92 Å². The molecule has 0 saturated carbocycles. The summed E-state index contributed by atoms with van der Waals surface area (Å²) in [5.41, 5.74) is 1.98. The van der Waals surface area contributed by atoms with E-state index in [1.54, 1.807) is 6.08 Å². The highest BCUT2D eigenvalue weighted by Gasteiger charge is 2.11. The molecule has 0 saturated heterocycles. The summed E-state index contributed by atoms with van der Waals surface area (Å²) in [6, 6.07) is 9.46. The van der Waals surface area contributed by atoms with Crippen molar-refractivity contribution in [2.75, 3.05) is 6.61 Å². The fourth-order valence-electron chi connectivity index (χ4n) is 1.29. The number of benzene rings is 1. The van der Waals surface area contributed by atoms with Crippen molar-refractivity contribution < 1.29 is 9.53 Å². The summed E-state index contributed by atoms with van der Waals surface area (Å²) in [7, 11) is 0. The zero-order valence-electron chi connectivity index (χ0n) is 10.9. The predicted octanol–water partition coefficient (Wildman–Crippen LogP) is 3.10. The van der Waals surface area contributed by atoms with Gasteiger partial charge in [0.15, 0.2) is 0 Å². The molecule has 0 bridgehead atoms. The average molecular weight is 243 g/mol. The number of nitriles is 1. The second kappa shape index (κ2) is 6.61. The molecule has 0 amide bonds. The Labute approximate surface area is 108 Å². The monoisotopic (exact) mass is 243 g/mol. The van der Waals surface area contributed by atoms with Gasteiger partial charge >= 0.3 is 5.97 Å². The van der Waals surface area contributed by atoms with Gasteiger partial charge in [-0.3, -0.25) is 0 Å². The molecule has 0 aliphatic rings. The van der Waals surface area contributed by atoms with E-state index in [2.05, 4.69) is 0 Å². The second-order valence-electron chi connectivity index (χ2n) is 4.57. The Morgan fingerprint density at radius 2 is 2.00 bits per heavy atom. The Bertz CT molecular complexity index is 478. The minimum atomic E-state index is -0.563. The lowest BCUT2D eigenvalue weighted by atomic mass is 10.1. The molecule has 1 aromatic carbocycles. The van der Waals surface area contributed by atoms with Gasteiger partial charge in [0.1, 0.15) is 11.6 Å². The zero-order valence-corrected chi connectivity index (χ0v) is 10.9. The van der Waals surface area contributed by atoms with Crippen molar-refractivity contribution in [1.82, 2.24) is 0 Å². The van der Waals surface area contributed by atoms with Gasteiger partial charge in [-0.05, 0) is 24.5 Å². The van der Waals surface area contributed by atoms with Gasteiger partial charge in [-0.2, -0.15) is 5.26 Å². The fourth-order valence-corrected chi connectivity index (χ4v) is 1.29. The van der Waals surface area contributed by atoms with Crippen LogP contribution in [0.3, 0.4) is 0 Å². The minimum absolute atomic E-state index is 0.0273. The lowest BCUT2D eigenvalue weighted by Gasteiger charge is -2.06. The van der Waals surface area contributed by atoms with Crippen LogP contribution in [0.15, 0.2) is 29.8 Å². The maximum atomic E-state index is 11.6. The number of hydrogen-bond acceptors (Lipinski definition) is 3. The normalized spacial score (nSPS) is 11.2. The van der Waals surface area contributed by atoms with Crippen LogP contribution < -0.4 is 0 Å². The SMILES string of the molecule is Cc1ccc(/C=C(\C#N)C(=O)OCC(C)C)cc1. The van der Waals surface area contributed by atoms with Crippen LogP contribution in [0.5, 0.6) is 0 Å². The number of esters is 1. The molecule has 3 heteroatoms. The quantitative estimate of drug-likeness (QED) is 0.464. The third kappa shape index (κ3) is 4.42. The first-order valence-corrected chi connectivity index (χ1v) is 5.88. The summed E-state index contributed by atoms with van der Waals surface area (Å²) in [5, 5.41) is 8.96. The van der Waals surface area contributed by atoms with Crippen LogP contribution in [0.2, 0.25) is 0 Å². The fraction of sp³-hybridized carbons (Fsp3) is 0.333. The van der Waals surface area contributed by atoms with E-state index >= 15 is 0 Å². The summed E-state index contributed by atoms with van der Waals surface area (Å²) >= 11 is 0. The van der Waals surface area contributed by atoms with E-state index in [1.807, 2.05) is 51.1 Å². The van der Waals surface area contributed by atoms with Crippen LogP contribution in [0.4, 0.5) is 0 Å². The number of hydrogen-bond donors (Lipinski definition) is 0. The van der Waals surface area contributed by atoms with Crippen molar-refractivity contribution in [1.29, 1.82) is 5.26 Å². The molecule has 0 aliphatic carbocycles. The molecule has 3 nitrogen and oxygen atoms in total. The third-order valence-corrected chi connectivity index (χ3v) is 2.28. The topological polar surface area (TPSA) is 50.1 Å². The molecule has 1 rings (SSSR count). The molecular formula is C15H17NO2. The van der Waals surface area contributed by atoms with Gasteiger partial charge in [0, 0.05) is 0 Å². The van der Waals surface area contributed by atoms with Crippen LogP contribution >= 0.6 is 0 Å². The second-order valence-corrected chi connectivity index (χ2v) is 4.57. The zero-order chi connectivity index (χ0) is 13.5. The van der Waals surface area contributed by atoms with E-state index in [0.717, 1.165) is 11.1 Å².